The Balaban J connectivity index is 3.02. The van der Waals surface area contributed by atoms with Gasteiger partial charge in [-0.05, 0) is 29.3 Å². The summed E-state index contributed by atoms with van der Waals surface area (Å²) in [6.07, 6.45) is -3.35. The van der Waals surface area contributed by atoms with Crippen LogP contribution >= 0.6 is 0 Å². The summed E-state index contributed by atoms with van der Waals surface area (Å²) >= 11 is 0. The van der Waals surface area contributed by atoms with Crippen LogP contribution in [0.2, 0.25) is 0 Å². The fourth-order valence-corrected chi connectivity index (χ4v) is 1.09. The van der Waals surface area contributed by atoms with Crippen LogP contribution in [0.15, 0.2) is 24.8 Å². The molecule has 0 atom stereocenters. The molecule has 0 aliphatic carbocycles. The number of aliphatic hydroxyl groups excluding tert-OH is 1. The van der Waals surface area contributed by atoms with E-state index in [9.17, 15) is 13.2 Å². The quantitative estimate of drug-likeness (QED) is 0.845. The van der Waals surface area contributed by atoms with Gasteiger partial charge in [0, 0.05) is 0 Å². The van der Waals surface area contributed by atoms with E-state index in [1.54, 1.807) is 0 Å². The highest BCUT2D eigenvalue weighted by molar-refractivity contribution is 5.51. The lowest BCUT2D eigenvalue weighted by Crippen LogP contribution is -2.17. The number of benzene rings is 1. The Kier molecular flexibility index (Phi) is 3.36. The number of hydrogen-bond acceptors (Lipinski definition) is 2. The van der Waals surface area contributed by atoms with Gasteiger partial charge in [0.15, 0.2) is 0 Å². The molecule has 0 unspecified atom stereocenters. The lowest BCUT2D eigenvalue weighted by molar-refractivity contribution is -0.274. The summed E-state index contributed by atoms with van der Waals surface area (Å²) in [6.45, 7) is 3.07. The first kappa shape index (κ1) is 11.6. The molecule has 5 heteroatoms. The van der Waals surface area contributed by atoms with Crippen LogP contribution in [0.4, 0.5) is 13.2 Å². The zero-order chi connectivity index (χ0) is 11.5. The molecule has 0 heterocycles. The highest BCUT2D eigenvalue weighted by Gasteiger charge is 2.31. The Morgan fingerprint density at radius 2 is 2.00 bits per heavy atom. The molecule has 1 aromatic rings. The second-order valence-electron chi connectivity index (χ2n) is 2.82. The maximum absolute atomic E-state index is 11.9. The first-order valence-electron chi connectivity index (χ1n) is 4.07. The standard InChI is InChI=1S/C10H9F3O2/c1-2-7-3-8(6-14)5-9(4-7)15-10(11,12)13/h2-5,14H,1,6H2. The molecule has 1 N–H and O–H groups in total. The van der Waals surface area contributed by atoms with E-state index in [1.165, 1.54) is 18.2 Å². The number of rotatable bonds is 3. The van der Waals surface area contributed by atoms with E-state index in [4.69, 9.17) is 5.11 Å². The number of halogens is 3. The average Bonchev–Trinajstić information content (AvgIpc) is 2.14. The van der Waals surface area contributed by atoms with Gasteiger partial charge in [-0.2, -0.15) is 0 Å². The van der Waals surface area contributed by atoms with Gasteiger partial charge in [0.05, 0.1) is 6.61 Å². The van der Waals surface area contributed by atoms with Crippen molar-refractivity contribution < 1.29 is 23.0 Å². The minimum atomic E-state index is -4.73. The molecule has 15 heavy (non-hydrogen) atoms. The van der Waals surface area contributed by atoms with Gasteiger partial charge in [-0.15, -0.1) is 13.2 Å². The Morgan fingerprint density at radius 1 is 1.33 bits per heavy atom. The van der Waals surface area contributed by atoms with Crippen LogP contribution in [0.25, 0.3) is 6.08 Å². The lowest BCUT2D eigenvalue weighted by atomic mass is 10.1. The van der Waals surface area contributed by atoms with Gasteiger partial charge in [-0.3, -0.25) is 0 Å². The van der Waals surface area contributed by atoms with Crippen molar-refractivity contribution in [1.82, 2.24) is 0 Å². The molecule has 0 aromatic heterocycles. The van der Waals surface area contributed by atoms with Gasteiger partial charge in [0.2, 0.25) is 0 Å². The van der Waals surface area contributed by atoms with E-state index in [1.807, 2.05) is 0 Å². The average molecular weight is 218 g/mol. The van der Waals surface area contributed by atoms with E-state index >= 15 is 0 Å². The highest BCUT2D eigenvalue weighted by Crippen LogP contribution is 2.25. The molecule has 0 radical (unpaired) electrons. The first-order valence-corrected chi connectivity index (χ1v) is 4.07. The molecule has 0 saturated heterocycles. The van der Waals surface area contributed by atoms with Crippen LogP contribution in [0.1, 0.15) is 11.1 Å². The topological polar surface area (TPSA) is 29.5 Å². The maximum Gasteiger partial charge on any atom is 0.573 e. The first-order chi connectivity index (χ1) is 6.94. The number of hydrogen-bond donors (Lipinski definition) is 1. The molecule has 0 amide bonds. The van der Waals surface area contributed by atoms with Crippen molar-refractivity contribution in [2.24, 2.45) is 0 Å². The summed E-state index contributed by atoms with van der Waals surface area (Å²) < 4.78 is 39.4. The summed E-state index contributed by atoms with van der Waals surface area (Å²) in [7, 11) is 0. The van der Waals surface area contributed by atoms with Crippen LogP contribution < -0.4 is 4.74 Å². The normalized spacial score (nSPS) is 11.2. The predicted molar refractivity (Wildman–Crippen MR) is 49.1 cm³/mol. The minimum Gasteiger partial charge on any atom is -0.406 e. The van der Waals surface area contributed by atoms with E-state index < -0.39 is 6.36 Å². The van der Waals surface area contributed by atoms with Crippen LogP contribution in [-0.4, -0.2) is 11.5 Å². The lowest BCUT2D eigenvalue weighted by Gasteiger charge is -2.10. The predicted octanol–water partition coefficient (Wildman–Crippen LogP) is 2.72. The second kappa shape index (κ2) is 4.35. The van der Waals surface area contributed by atoms with Crippen molar-refractivity contribution in [2.45, 2.75) is 13.0 Å². The molecule has 0 bridgehead atoms. The maximum atomic E-state index is 11.9. The number of ether oxygens (including phenoxy) is 1. The van der Waals surface area contributed by atoms with Gasteiger partial charge < -0.3 is 9.84 Å². The summed E-state index contributed by atoms with van der Waals surface area (Å²) in [5.74, 6) is -0.357. The summed E-state index contributed by atoms with van der Waals surface area (Å²) in [5.41, 5.74) is 0.799. The Bertz CT molecular complexity index is 358. The van der Waals surface area contributed by atoms with Gasteiger partial charge in [-0.1, -0.05) is 12.7 Å². The third-order valence-electron chi connectivity index (χ3n) is 1.64. The molecule has 0 aliphatic heterocycles. The molecular formula is C10H9F3O2. The van der Waals surface area contributed by atoms with E-state index in [-0.39, 0.29) is 12.4 Å². The minimum absolute atomic E-state index is 0.339. The van der Waals surface area contributed by atoms with E-state index in [2.05, 4.69) is 11.3 Å². The van der Waals surface area contributed by atoms with Crippen LogP contribution in [0.3, 0.4) is 0 Å². The third-order valence-corrected chi connectivity index (χ3v) is 1.64. The van der Waals surface area contributed by atoms with Crippen LogP contribution in [0.5, 0.6) is 5.75 Å². The van der Waals surface area contributed by atoms with Crippen LogP contribution in [-0.2, 0) is 6.61 Å². The third kappa shape index (κ3) is 3.63. The molecular weight excluding hydrogens is 209 g/mol. The van der Waals surface area contributed by atoms with Crippen molar-refractivity contribution in [3.8, 4) is 5.75 Å². The van der Waals surface area contributed by atoms with Crippen molar-refractivity contribution in [3.05, 3.63) is 35.9 Å². The van der Waals surface area contributed by atoms with Gasteiger partial charge in [0.1, 0.15) is 5.75 Å². The summed E-state index contributed by atoms with van der Waals surface area (Å²) in [4.78, 5) is 0. The Hall–Kier alpha value is -1.49. The largest absolute Gasteiger partial charge is 0.573 e. The van der Waals surface area contributed by atoms with Gasteiger partial charge in [0.25, 0.3) is 0 Å². The Morgan fingerprint density at radius 3 is 2.47 bits per heavy atom. The fourth-order valence-electron chi connectivity index (χ4n) is 1.09. The molecule has 0 saturated carbocycles. The van der Waals surface area contributed by atoms with Crippen molar-refractivity contribution in [1.29, 1.82) is 0 Å². The number of alkyl halides is 3. The molecule has 1 rings (SSSR count). The zero-order valence-corrected chi connectivity index (χ0v) is 7.71. The number of aliphatic hydroxyl groups is 1. The van der Waals surface area contributed by atoms with E-state index in [0.717, 1.165) is 6.07 Å². The Labute approximate surface area is 84.6 Å². The molecule has 0 aliphatic rings. The van der Waals surface area contributed by atoms with Crippen molar-refractivity contribution in [2.75, 3.05) is 0 Å². The molecule has 2 nitrogen and oxygen atoms in total. The monoisotopic (exact) mass is 218 g/mol. The van der Waals surface area contributed by atoms with Gasteiger partial charge >= 0.3 is 6.36 Å². The molecule has 0 spiro atoms. The van der Waals surface area contributed by atoms with Crippen molar-refractivity contribution >= 4 is 6.08 Å². The van der Waals surface area contributed by atoms with E-state index in [0.29, 0.717) is 11.1 Å². The SMILES string of the molecule is C=Cc1cc(CO)cc(OC(F)(F)F)c1. The molecule has 82 valence electrons. The van der Waals surface area contributed by atoms with Crippen LogP contribution in [0, 0.1) is 0 Å². The molecule has 1 aromatic carbocycles. The fraction of sp³-hybridized carbons (Fsp3) is 0.200. The molecule has 0 fully saturated rings. The highest BCUT2D eigenvalue weighted by atomic mass is 19.4. The summed E-state index contributed by atoms with van der Waals surface area (Å²) in [5, 5.41) is 8.81. The second-order valence-corrected chi connectivity index (χ2v) is 2.82. The summed E-state index contributed by atoms with van der Waals surface area (Å²) in [6, 6.07) is 3.84. The van der Waals surface area contributed by atoms with Crippen molar-refractivity contribution in [3.63, 3.8) is 0 Å². The smallest absolute Gasteiger partial charge is 0.406 e. The van der Waals surface area contributed by atoms with Gasteiger partial charge in [-0.25, -0.2) is 0 Å². The zero-order valence-electron chi connectivity index (χ0n) is 7.71.